The lowest BCUT2D eigenvalue weighted by Crippen LogP contribution is -2.40. The molecule has 1 aliphatic rings. The van der Waals surface area contributed by atoms with Crippen LogP contribution in [0.25, 0.3) is 0 Å². The fourth-order valence-corrected chi connectivity index (χ4v) is 3.42. The van der Waals surface area contributed by atoms with Crippen molar-refractivity contribution >= 4 is 11.7 Å². The van der Waals surface area contributed by atoms with E-state index in [4.69, 9.17) is 0 Å². The van der Waals surface area contributed by atoms with E-state index < -0.39 is 12.8 Å². The number of carbonyl (C=O) groups is 2. The Morgan fingerprint density at radius 3 is 2.10 bits per heavy atom. The van der Waals surface area contributed by atoms with Crippen LogP contribution < -0.4 is 0 Å². The molecular formula is C22H22F3NO4. The largest absolute Gasteiger partial charge is 0.508 e. The molecule has 2 aromatic rings. The summed E-state index contributed by atoms with van der Waals surface area (Å²) in [5.74, 6) is -0.241. The minimum absolute atomic E-state index is 0.00492. The summed E-state index contributed by atoms with van der Waals surface area (Å²) in [4.78, 5) is 26.9. The van der Waals surface area contributed by atoms with Gasteiger partial charge in [0.15, 0.2) is 5.78 Å². The molecule has 0 atom stereocenters. The molecule has 0 saturated carbocycles. The summed E-state index contributed by atoms with van der Waals surface area (Å²) < 4.78 is 41.0. The Bertz CT molecular complexity index is 871. The Hall–Kier alpha value is -2.87. The van der Waals surface area contributed by atoms with E-state index in [-0.39, 0.29) is 30.0 Å². The van der Waals surface area contributed by atoms with Crippen molar-refractivity contribution in [1.82, 2.24) is 4.90 Å². The van der Waals surface area contributed by atoms with Gasteiger partial charge in [0.1, 0.15) is 12.4 Å². The second-order valence-corrected chi connectivity index (χ2v) is 7.28. The van der Waals surface area contributed by atoms with E-state index in [2.05, 4.69) is 4.74 Å². The van der Waals surface area contributed by atoms with Crippen molar-refractivity contribution in [2.24, 2.45) is 5.92 Å². The topological polar surface area (TPSA) is 66.8 Å². The Morgan fingerprint density at radius 2 is 1.53 bits per heavy atom. The molecule has 3 rings (SSSR count). The van der Waals surface area contributed by atoms with Crippen LogP contribution in [-0.2, 0) is 11.3 Å². The van der Waals surface area contributed by atoms with Gasteiger partial charge in [0.25, 0.3) is 5.91 Å². The van der Waals surface area contributed by atoms with Crippen molar-refractivity contribution in [3.05, 3.63) is 65.2 Å². The highest BCUT2D eigenvalue weighted by atomic mass is 19.4. The zero-order valence-corrected chi connectivity index (χ0v) is 16.2. The van der Waals surface area contributed by atoms with Gasteiger partial charge in [0, 0.05) is 30.1 Å². The summed E-state index contributed by atoms with van der Waals surface area (Å²) in [5.41, 5.74) is 1.53. The van der Waals surface area contributed by atoms with E-state index in [9.17, 15) is 27.9 Å². The second kappa shape index (κ2) is 9.30. The van der Waals surface area contributed by atoms with Crippen LogP contribution >= 0.6 is 0 Å². The molecule has 0 spiro atoms. The second-order valence-electron chi connectivity index (χ2n) is 7.28. The number of amides is 1. The van der Waals surface area contributed by atoms with Crippen molar-refractivity contribution in [2.75, 3.05) is 19.7 Å². The molecule has 1 amide bonds. The number of hydrogen-bond acceptors (Lipinski definition) is 4. The highest BCUT2D eigenvalue weighted by molar-refractivity contribution is 5.98. The number of aromatic hydroxyl groups is 1. The SMILES string of the molecule is O=C(c1ccc(O)cc1)C1CCN(C(=O)c2ccc(COCC(F)(F)F)cc2)CC1. The maximum absolute atomic E-state index is 12.7. The van der Waals surface area contributed by atoms with Crippen LogP contribution in [0.2, 0.25) is 0 Å². The number of likely N-dealkylation sites (tertiary alicyclic amines) is 1. The third-order valence-corrected chi connectivity index (χ3v) is 5.04. The van der Waals surface area contributed by atoms with Crippen LogP contribution in [0, 0.1) is 5.92 Å². The van der Waals surface area contributed by atoms with Gasteiger partial charge in [-0.15, -0.1) is 0 Å². The molecule has 0 aromatic heterocycles. The minimum atomic E-state index is -4.37. The molecule has 1 saturated heterocycles. The first-order chi connectivity index (χ1) is 14.2. The summed E-state index contributed by atoms with van der Waals surface area (Å²) in [6, 6.07) is 12.4. The molecule has 0 radical (unpaired) electrons. The highest BCUT2D eigenvalue weighted by Crippen LogP contribution is 2.24. The lowest BCUT2D eigenvalue weighted by Gasteiger charge is -2.31. The number of rotatable bonds is 6. The van der Waals surface area contributed by atoms with Crippen molar-refractivity contribution in [1.29, 1.82) is 0 Å². The van der Waals surface area contributed by atoms with E-state index in [1.54, 1.807) is 41.3 Å². The number of nitrogens with zero attached hydrogens (tertiary/aromatic N) is 1. The molecule has 30 heavy (non-hydrogen) atoms. The third-order valence-electron chi connectivity index (χ3n) is 5.04. The molecule has 1 N–H and O–H groups in total. The smallest absolute Gasteiger partial charge is 0.411 e. The first kappa shape index (κ1) is 21.8. The predicted octanol–water partition coefficient (Wildman–Crippen LogP) is 4.21. The summed E-state index contributed by atoms with van der Waals surface area (Å²) >= 11 is 0. The standard InChI is InChI=1S/C22H22F3NO4/c23-22(24,25)14-30-13-15-1-3-18(4-2-15)21(29)26-11-9-17(10-12-26)20(28)16-5-7-19(27)8-6-16/h1-8,17,27H,9-14H2. The first-order valence-electron chi connectivity index (χ1n) is 9.59. The van der Waals surface area contributed by atoms with Gasteiger partial charge in [-0.3, -0.25) is 9.59 Å². The molecule has 1 heterocycles. The van der Waals surface area contributed by atoms with E-state index in [1.165, 1.54) is 12.1 Å². The maximum atomic E-state index is 12.7. The van der Waals surface area contributed by atoms with Crippen LogP contribution in [0.5, 0.6) is 5.75 Å². The molecule has 160 valence electrons. The van der Waals surface area contributed by atoms with Crippen molar-refractivity contribution in [2.45, 2.75) is 25.6 Å². The van der Waals surface area contributed by atoms with Gasteiger partial charge in [-0.25, -0.2) is 0 Å². The summed E-state index contributed by atoms with van der Waals surface area (Å²) in [6.45, 7) is -0.599. The first-order valence-corrected chi connectivity index (χ1v) is 9.59. The molecule has 0 unspecified atom stereocenters. The number of benzene rings is 2. The van der Waals surface area contributed by atoms with E-state index in [0.29, 0.717) is 42.6 Å². The van der Waals surface area contributed by atoms with Gasteiger partial charge < -0.3 is 14.7 Å². The molecule has 5 nitrogen and oxygen atoms in total. The van der Waals surface area contributed by atoms with Crippen LogP contribution in [-0.4, -0.2) is 47.6 Å². The fourth-order valence-electron chi connectivity index (χ4n) is 3.42. The van der Waals surface area contributed by atoms with Gasteiger partial charge in [0.2, 0.25) is 0 Å². The number of phenols is 1. The fraction of sp³-hybridized carbons (Fsp3) is 0.364. The summed E-state index contributed by atoms with van der Waals surface area (Å²) in [5, 5.41) is 9.34. The molecule has 8 heteroatoms. The number of piperidine rings is 1. The van der Waals surface area contributed by atoms with Crippen molar-refractivity contribution in [3.63, 3.8) is 0 Å². The number of Topliss-reactive ketones (excluding diaryl/α,β-unsaturated/α-hetero) is 1. The Kier molecular flexibility index (Phi) is 6.77. The van der Waals surface area contributed by atoms with Gasteiger partial charge in [-0.2, -0.15) is 13.2 Å². The zero-order valence-electron chi connectivity index (χ0n) is 16.2. The number of alkyl halides is 3. The quantitative estimate of drug-likeness (QED) is 0.710. The normalized spacial score (nSPS) is 15.2. The number of hydrogen-bond donors (Lipinski definition) is 1. The van der Waals surface area contributed by atoms with Gasteiger partial charge in [-0.1, -0.05) is 12.1 Å². The molecular weight excluding hydrogens is 399 g/mol. The minimum Gasteiger partial charge on any atom is -0.508 e. The van der Waals surface area contributed by atoms with Crippen LogP contribution in [0.4, 0.5) is 13.2 Å². The Balaban J connectivity index is 1.51. The number of ether oxygens (including phenoxy) is 1. The number of carbonyl (C=O) groups excluding carboxylic acids is 2. The van der Waals surface area contributed by atoms with E-state index in [1.807, 2.05) is 0 Å². The maximum Gasteiger partial charge on any atom is 0.411 e. The molecule has 1 fully saturated rings. The van der Waals surface area contributed by atoms with Crippen LogP contribution in [0.15, 0.2) is 48.5 Å². The molecule has 0 aliphatic carbocycles. The van der Waals surface area contributed by atoms with Gasteiger partial charge in [0.05, 0.1) is 6.61 Å². The average molecular weight is 421 g/mol. The zero-order chi connectivity index (χ0) is 21.7. The number of halogens is 3. The van der Waals surface area contributed by atoms with Crippen LogP contribution in [0.3, 0.4) is 0 Å². The Morgan fingerprint density at radius 1 is 0.967 bits per heavy atom. The van der Waals surface area contributed by atoms with E-state index >= 15 is 0 Å². The predicted molar refractivity (Wildman–Crippen MR) is 103 cm³/mol. The van der Waals surface area contributed by atoms with Crippen molar-refractivity contribution < 1.29 is 32.6 Å². The van der Waals surface area contributed by atoms with E-state index in [0.717, 1.165) is 0 Å². The summed E-state index contributed by atoms with van der Waals surface area (Å²) in [7, 11) is 0. The lowest BCUT2D eigenvalue weighted by molar-refractivity contribution is -0.176. The van der Waals surface area contributed by atoms with Gasteiger partial charge >= 0.3 is 6.18 Å². The van der Waals surface area contributed by atoms with Crippen LogP contribution in [0.1, 0.15) is 39.1 Å². The average Bonchev–Trinajstić information content (AvgIpc) is 2.73. The molecule has 1 aliphatic heterocycles. The third kappa shape index (κ3) is 5.82. The van der Waals surface area contributed by atoms with Crippen molar-refractivity contribution in [3.8, 4) is 5.75 Å². The lowest BCUT2D eigenvalue weighted by atomic mass is 9.88. The van der Waals surface area contributed by atoms with Gasteiger partial charge in [-0.05, 0) is 54.8 Å². The molecule has 0 bridgehead atoms. The monoisotopic (exact) mass is 421 g/mol. The highest BCUT2D eigenvalue weighted by Gasteiger charge is 2.29. The molecule has 2 aromatic carbocycles. The number of ketones is 1. The number of phenolic OH excluding ortho intramolecular Hbond substituents is 1. The summed E-state index contributed by atoms with van der Waals surface area (Å²) in [6.07, 6.45) is -3.27. The Labute approximate surface area is 172 Å².